The molecule has 0 radical (unpaired) electrons. The molecule has 3 rings (SSSR count). The Bertz CT molecular complexity index is 770. The summed E-state index contributed by atoms with van der Waals surface area (Å²) in [7, 11) is 0. The number of nitrogens with one attached hydrogen (secondary N) is 1. The smallest absolute Gasteiger partial charge is 0.264 e. The molecule has 1 aliphatic rings. The van der Waals surface area contributed by atoms with Gasteiger partial charge in [0.05, 0.1) is 10.6 Å². The second-order valence-electron chi connectivity index (χ2n) is 5.72. The van der Waals surface area contributed by atoms with Gasteiger partial charge >= 0.3 is 0 Å². The molecule has 1 aromatic carbocycles. The van der Waals surface area contributed by atoms with E-state index in [2.05, 4.69) is 5.32 Å². The first-order chi connectivity index (χ1) is 11.6. The van der Waals surface area contributed by atoms with Crippen LogP contribution in [0.25, 0.3) is 0 Å². The molecule has 0 bridgehead atoms. The normalized spacial score (nSPS) is 16.9. The molecule has 2 amide bonds. The monoisotopic (exact) mass is 342 g/mol. The summed E-state index contributed by atoms with van der Waals surface area (Å²) >= 11 is 1.37. The van der Waals surface area contributed by atoms with Gasteiger partial charge in [0.15, 0.2) is 5.78 Å². The van der Waals surface area contributed by atoms with E-state index in [1.54, 1.807) is 35.2 Å². The van der Waals surface area contributed by atoms with Crippen molar-refractivity contribution in [2.45, 2.75) is 25.8 Å². The molecule has 2 heterocycles. The van der Waals surface area contributed by atoms with Gasteiger partial charge in [-0.1, -0.05) is 18.2 Å². The van der Waals surface area contributed by atoms with Crippen LogP contribution >= 0.6 is 11.3 Å². The summed E-state index contributed by atoms with van der Waals surface area (Å²) in [5, 5.41) is 4.66. The summed E-state index contributed by atoms with van der Waals surface area (Å²) in [6, 6.07) is 10.0. The van der Waals surface area contributed by atoms with Crippen molar-refractivity contribution in [3.8, 4) is 0 Å². The number of benzene rings is 1. The lowest BCUT2D eigenvalue weighted by atomic mass is 10.1. The SMILES string of the molecule is CC(=O)c1ccccc1NC(=O)C1CCCN1C(=O)c1cccs1. The highest BCUT2D eigenvalue weighted by atomic mass is 32.1. The molecule has 24 heavy (non-hydrogen) atoms. The minimum Gasteiger partial charge on any atom is -0.326 e. The lowest BCUT2D eigenvalue weighted by molar-refractivity contribution is -0.119. The number of thiophene rings is 1. The van der Waals surface area contributed by atoms with Crippen LogP contribution in [-0.2, 0) is 4.79 Å². The van der Waals surface area contributed by atoms with Crippen LogP contribution < -0.4 is 5.32 Å². The van der Waals surface area contributed by atoms with Crippen LogP contribution in [0.4, 0.5) is 5.69 Å². The Morgan fingerprint density at radius 2 is 1.96 bits per heavy atom. The number of rotatable bonds is 4. The Balaban J connectivity index is 1.77. The lowest BCUT2D eigenvalue weighted by Crippen LogP contribution is -2.43. The topological polar surface area (TPSA) is 66.5 Å². The van der Waals surface area contributed by atoms with Crippen molar-refractivity contribution in [2.75, 3.05) is 11.9 Å². The standard InChI is InChI=1S/C18H18N2O3S/c1-12(21)13-6-2-3-7-14(13)19-17(22)15-8-4-10-20(15)18(23)16-9-5-11-24-16/h2-3,5-7,9,11,15H,4,8,10H2,1H3,(H,19,22). The van der Waals surface area contributed by atoms with Gasteiger partial charge in [-0.2, -0.15) is 0 Å². The van der Waals surface area contributed by atoms with Crippen LogP contribution in [0.1, 0.15) is 39.8 Å². The number of likely N-dealkylation sites (tertiary alicyclic amines) is 1. The summed E-state index contributed by atoms with van der Waals surface area (Å²) in [6.07, 6.45) is 1.43. The number of nitrogens with zero attached hydrogens (tertiary/aromatic N) is 1. The number of carbonyl (C=O) groups is 3. The number of amides is 2. The summed E-state index contributed by atoms with van der Waals surface area (Å²) in [6.45, 7) is 2.04. The molecule has 1 aromatic heterocycles. The van der Waals surface area contributed by atoms with E-state index in [9.17, 15) is 14.4 Å². The minimum absolute atomic E-state index is 0.108. The fraction of sp³-hybridized carbons (Fsp3) is 0.278. The molecular weight excluding hydrogens is 324 g/mol. The summed E-state index contributed by atoms with van der Waals surface area (Å²) in [5.41, 5.74) is 0.963. The largest absolute Gasteiger partial charge is 0.326 e. The third-order valence-electron chi connectivity index (χ3n) is 4.11. The Kier molecular flexibility index (Phi) is 4.76. The van der Waals surface area contributed by atoms with Crippen molar-refractivity contribution in [3.63, 3.8) is 0 Å². The Morgan fingerprint density at radius 1 is 1.17 bits per heavy atom. The van der Waals surface area contributed by atoms with Crippen LogP contribution in [0.2, 0.25) is 0 Å². The number of hydrogen-bond acceptors (Lipinski definition) is 4. The van der Waals surface area contributed by atoms with E-state index in [1.165, 1.54) is 18.3 Å². The van der Waals surface area contributed by atoms with Crippen molar-refractivity contribution in [3.05, 3.63) is 52.2 Å². The molecule has 0 spiro atoms. The minimum atomic E-state index is -0.500. The van der Waals surface area contributed by atoms with Crippen molar-refractivity contribution in [1.82, 2.24) is 4.90 Å². The van der Waals surface area contributed by atoms with Gasteiger partial charge in [-0.25, -0.2) is 0 Å². The van der Waals surface area contributed by atoms with Gasteiger partial charge in [0.25, 0.3) is 5.91 Å². The molecule has 1 N–H and O–H groups in total. The molecule has 1 fully saturated rings. The van der Waals surface area contributed by atoms with Gasteiger partial charge in [0.2, 0.25) is 5.91 Å². The zero-order valence-electron chi connectivity index (χ0n) is 13.3. The average molecular weight is 342 g/mol. The van der Waals surface area contributed by atoms with Crippen molar-refractivity contribution < 1.29 is 14.4 Å². The first-order valence-corrected chi connectivity index (χ1v) is 8.71. The summed E-state index contributed by atoms with van der Waals surface area (Å²) in [5.74, 6) is -0.461. The summed E-state index contributed by atoms with van der Waals surface area (Å²) in [4.78, 5) is 39.2. The van der Waals surface area contributed by atoms with Gasteiger partial charge in [-0.05, 0) is 43.3 Å². The lowest BCUT2D eigenvalue weighted by Gasteiger charge is -2.23. The van der Waals surface area contributed by atoms with E-state index >= 15 is 0 Å². The Morgan fingerprint density at radius 3 is 2.67 bits per heavy atom. The van der Waals surface area contributed by atoms with Gasteiger partial charge in [-0.15, -0.1) is 11.3 Å². The van der Waals surface area contributed by atoms with E-state index in [0.717, 1.165) is 6.42 Å². The first-order valence-electron chi connectivity index (χ1n) is 7.83. The van der Waals surface area contributed by atoms with Crippen LogP contribution in [0.15, 0.2) is 41.8 Å². The van der Waals surface area contributed by atoms with Crippen molar-refractivity contribution >= 4 is 34.6 Å². The van der Waals surface area contributed by atoms with Crippen LogP contribution in [0.5, 0.6) is 0 Å². The first kappa shape index (κ1) is 16.4. The molecular formula is C18H18N2O3S. The number of anilines is 1. The fourth-order valence-electron chi connectivity index (χ4n) is 2.94. The Hall–Kier alpha value is -2.47. The highest BCUT2D eigenvalue weighted by Crippen LogP contribution is 2.24. The van der Waals surface area contributed by atoms with E-state index in [-0.39, 0.29) is 17.6 Å². The highest BCUT2D eigenvalue weighted by Gasteiger charge is 2.35. The maximum absolute atomic E-state index is 12.7. The maximum Gasteiger partial charge on any atom is 0.264 e. The molecule has 0 aliphatic carbocycles. The molecule has 0 saturated carbocycles. The van der Waals surface area contributed by atoms with E-state index < -0.39 is 6.04 Å². The average Bonchev–Trinajstić information content (AvgIpc) is 3.26. The number of ketones is 1. The Labute approximate surface area is 144 Å². The van der Waals surface area contributed by atoms with E-state index in [1.807, 2.05) is 11.4 Å². The maximum atomic E-state index is 12.7. The molecule has 1 saturated heterocycles. The second kappa shape index (κ2) is 6.97. The number of para-hydroxylation sites is 1. The highest BCUT2D eigenvalue weighted by molar-refractivity contribution is 7.12. The quantitative estimate of drug-likeness (QED) is 0.868. The van der Waals surface area contributed by atoms with Crippen LogP contribution in [-0.4, -0.2) is 35.1 Å². The zero-order chi connectivity index (χ0) is 17.1. The molecule has 1 aliphatic heterocycles. The second-order valence-corrected chi connectivity index (χ2v) is 6.67. The molecule has 6 heteroatoms. The predicted molar refractivity (Wildman–Crippen MR) is 93.5 cm³/mol. The van der Waals surface area contributed by atoms with Crippen LogP contribution in [0.3, 0.4) is 0 Å². The molecule has 1 atom stereocenters. The number of hydrogen-bond donors (Lipinski definition) is 1. The fourth-order valence-corrected chi connectivity index (χ4v) is 3.62. The van der Waals surface area contributed by atoms with E-state index in [0.29, 0.717) is 29.1 Å². The van der Waals surface area contributed by atoms with Gasteiger partial charge in [0.1, 0.15) is 6.04 Å². The van der Waals surface area contributed by atoms with Crippen LogP contribution in [0, 0.1) is 0 Å². The van der Waals surface area contributed by atoms with Gasteiger partial charge in [-0.3, -0.25) is 14.4 Å². The van der Waals surface area contributed by atoms with Crippen molar-refractivity contribution in [1.29, 1.82) is 0 Å². The van der Waals surface area contributed by atoms with Gasteiger partial charge < -0.3 is 10.2 Å². The summed E-state index contributed by atoms with van der Waals surface area (Å²) < 4.78 is 0. The molecule has 124 valence electrons. The van der Waals surface area contributed by atoms with Gasteiger partial charge in [0, 0.05) is 12.1 Å². The molecule has 1 unspecified atom stereocenters. The zero-order valence-corrected chi connectivity index (χ0v) is 14.1. The number of carbonyl (C=O) groups excluding carboxylic acids is 3. The predicted octanol–water partition coefficient (Wildman–Crippen LogP) is 3.19. The third-order valence-corrected chi connectivity index (χ3v) is 4.97. The third kappa shape index (κ3) is 3.23. The van der Waals surface area contributed by atoms with E-state index in [4.69, 9.17) is 0 Å². The number of Topliss-reactive ketones (excluding diaryl/α,β-unsaturated/α-hetero) is 1. The molecule has 5 nitrogen and oxygen atoms in total. The molecule has 2 aromatic rings. The van der Waals surface area contributed by atoms with Crippen molar-refractivity contribution in [2.24, 2.45) is 0 Å².